The molecule has 10 atom stereocenters. The Balaban J connectivity index is 0.000000117. The van der Waals surface area contributed by atoms with Crippen LogP contribution < -0.4 is 0 Å². The first-order valence-electron chi connectivity index (χ1n) is 47.7. The van der Waals surface area contributed by atoms with Crippen LogP contribution >= 0.6 is 0 Å². The molecule has 24 fully saturated rings. The van der Waals surface area contributed by atoms with Gasteiger partial charge in [0.1, 0.15) is 5.78 Å². The molecule has 15 nitrogen and oxygen atoms in total. The molecule has 24 saturated carbocycles. The molecule has 24 bridgehead atoms. The number of esters is 6. The van der Waals surface area contributed by atoms with Crippen LogP contribution in [0.3, 0.4) is 0 Å². The van der Waals surface area contributed by atoms with Gasteiger partial charge in [-0.25, -0.2) is 0 Å². The average Bonchev–Trinajstić information content (AvgIpc) is 0.734. The van der Waals surface area contributed by atoms with Crippen LogP contribution in [0.2, 0.25) is 0 Å². The Morgan fingerprint density at radius 1 is 0.314 bits per heavy atom. The zero-order valence-corrected chi connectivity index (χ0v) is 77.1. The van der Waals surface area contributed by atoms with Gasteiger partial charge < -0.3 is 38.6 Å². The molecule has 118 heavy (non-hydrogen) atoms. The van der Waals surface area contributed by atoms with Crippen LogP contribution in [0.15, 0.2) is 30.3 Å². The molecule has 0 spiro atoms. The van der Waals surface area contributed by atoms with E-state index in [1.165, 1.54) is 69.8 Å². The second-order valence-corrected chi connectivity index (χ2v) is 52.7. The maximum atomic E-state index is 13.1. The van der Waals surface area contributed by atoms with E-state index in [1.807, 2.05) is 0 Å². The maximum absolute atomic E-state index is 13.1. The summed E-state index contributed by atoms with van der Waals surface area (Å²) in [5, 5.41) is 20.9. The molecule has 0 aliphatic heterocycles. The number of hydrogen-bond acceptors (Lipinski definition) is 15. The Kier molecular flexibility index (Phi) is 24.6. The van der Waals surface area contributed by atoms with Crippen LogP contribution in [-0.2, 0) is 67.4 Å². The van der Waals surface area contributed by atoms with Crippen LogP contribution in [0.25, 0.3) is 0 Å². The van der Waals surface area contributed by atoms with Gasteiger partial charge in [0.05, 0.1) is 83.8 Å². The molecule has 1 aromatic carbocycles. The first-order valence-corrected chi connectivity index (χ1v) is 47.7. The number of carbonyl (C=O) groups is 7. The zero-order chi connectivity index (χ0) is 85.4. The maximum Gasteiger partial charge on any atom is 0.312 e. The lowest BCUT2D eigenvalue weighted by molar-refractivity contribution is -0.197. The molecule has 0 saturated heterocycles. The monoisotopic (exact) mass is 1640 g/mol. The van der Waals surface area contributed by atoms with E-state index < -0.39 is 5.60 Å². The minimum atomic E-state index is -0.579. The number of benzene rings is 1. The van der Waals surface area contributed by atoms with Gasteiger partial charge in [-0.2, -0.15) is 0 Å². The molecular formula is C103H160O15. The molecule has 0 aromatic heterocycles. The van der Waals surface area contributed by atoms with Crippen molar-refractivity contribution in [2.24, 2.45) is 159 Å². The van der Waals surface area contributed by atoms with Crippen LogP contribution in [0.1, 0.15) is 355 Å². The molecule has 24 aliphatic carbocycles. The van der Waals surface area contributed by atoms with Crippen LogP contribution in [-0.4, -0.2) is 103 Å². The van der Waals surface area contributed by atoms with Crippen molar-refractivity contribution in [3.63, 3.8) is 0 Å². The van der Waals surface area contributed by atoms with E-state index in [1.54, 1.807) is 0 Å². The van der Waals surface area contributed by atoms with Gasteiger partial charge in [-0.3, -0.25) is 33.6 Å². The van der Waals surface area contributed by atoms with E-state index >= 15 is 0 Å². The Morgan fingerprint density at radius 3 is 0.907 bits per heavy atom. The highest BCUT2D eigenvalue weighted by molar-refractivity contribution is 5.90. The Morgan fingerprint density at radius 2 is 0.576 bits per heavy atom. The Hall–Kier alpha value is -4.37. The quantitative estimate of drug-likeness (QED) is 0.139. The number of aliphatic hydroxyl groups excluding tert-OH is 1. The van der Waals surface area contributed by atoms with Gasteiger partial charge in [0.25, 0.3) is 0 Å². The van der Waals surface area contributed by atoms with Gasteiger partial charge >= 0.3 is 35.8 Å². The predicted molar refractivity (Wildman–Crippen MR) is 459 cm³/mol. The van der Waals surface area contributed by atoms with Crippen molar-refractivity contribution >= 4 is 41.6 Å². The van der Waals surface area contributed by atoms with Crippen molar-refractivity contribution in [2.45, 2.75) is 367 Å². The van der Waals surface area contributed by atoms with Gasteiger partial charge in [-0.15, -0.1) is 0 Å². The number of Topliss-reactive ketones (excluding diaryl/α,β-unsaturated/α-hetero) is 1. The van der Waals surface area contributed by atoms with E-state index in [9.17, 15) is 43.8 Å². The summed E-state index contributed by atoms with van der Waals surface area (Å²) in [6.07, 6.45) is 36.6. The Labute approximate surface area is 711 Å². The summed E-state index contributed by atoms with van der Waals surface area (Å²) in [5.74, 6) is 9.38. The summed E-state index contributed by atoms with van der Waals surface area (Å²) in [6, 6.07) is 11.0. The summed E-state index contributed by atoms with van der Waals surface area (Å²) in [7, 11) is 0. The van der Waals surface area contributed by atoms with E-state index in [4.69, 9.17) is 28.4 Å². The summed E-state index contributed by atoms with van der Waals surface area (Å²) in [6.45, 7) is 43.3. The molecule has 2 N–H and O–H groups in total. The number of ether oxygens (including phenoxy) is 6. The van der Waals surface area contributed by atoms with Gasteiger partial charge in [0, 0.05) is 11.8 Å². The number of ketones is 1. The number of aliphatic hydroxyl groups is 2. The van der Waals surface area contributed by atoms with Gasteiger partial charge in [-0.1, -0.05) is 162 Å². The number of rotatable bonds is 13. The SMILES string of the molecule is CC(C)(C)COC(=O)C12CC3CC(C1)C(=O)C(C3)C2.CC(C)(C)COC(=O)C12CC3CC(C1)C(O)C(C3)C2.CC(C)(C)COC(=O)C12CC3CC(C1)CC(c1ccccc1)(C3)C2.CC(C)(C)COC(=O)C12CC3CC(CC(C)(C3)C1)C2.CC(C)(C)COC(=O)C12CC3CC(CC(C3)C1)C2.CC(C)(C)COC(=O)C12CC3CC(CC(O)(C3)C1)C2. The fraction of sp³-hybridized carbons (Fsp3) is 0.874. The smallest absolute Gasteiger partial charge is 0.312 e. The highest BCUT2D eigenvalue weighted by Crippen LogP contribution is 2.70. The van der Waals surface area contributed by atoms with Crippen molar-refractivity contribution in [1.29, 1.82) is 0 Å². The van der Waals surface area contributed by atoms with E-state index in [0.717, 1.165) is 177 Å². The van der Waals surface area contributed by atoms with Gasteiger partial charge in [0.15, 0.2) is 0 Å². The minimum Gasteiger partial charge on any atom is -0.465 e. The first-order chi connectivity index (χ1) is 54.6. The molecular weight excluding hydrogens is 1480 g/mol. The van der Waals surface area contributed by atoms with E-state index in [0.29, 0.717) is 105 Å². The Bertz CT molecular complexity index is 3630. The average molecular weight is 1640 g/mol. The van der Waals surface area contributed by atoms with Crippen molar-refractivity contribution < 1.29 is 72.2 Å². The minimum absolute atomic E-state index is 0.00771. The molecule has 0 heterocycles. The van der Waals surface area contributed by atoms with Gasteiger partial charge in [0.2, 0.25) is 0 Å². The third-order valence-corrected chi connectivity index (χ3v) is 32.5. The fourth-order valence-corrected chi connectivity index (χ4v) is 30.3. The first kappa shape index (κ1) is 89.9. The molecule has 10 unspecified atom stereocenters. The van der Waals surface area contributed by atoms with E-state index in [2.05, 4.69) is 162 Å². The van der Waals surface area contributed by atoms with Crippen LogP contribution in [0.4, 0.5) is 0 Å². The largest absolute Gasteiger partial charge is 0.465 e. The standard InChI is InChI=1S/C22H30O2.C17H28O2.2C16H26O3.C16H24O3.C16H26O2/c1-20(2,3)15-24-19(23)22-12-16-9-17(13-22)11-21(10-16,14-22)18-7-5-4-6-8-18;1-15(2,3)11-19-14(18)17-8-12-5-13(9-17)7-16(4,6-12)10-17;1-14(2,3)10-19-13(17)15-5-11-4-12(6-15)8-16(18,7-11)9-15;2*1-15(2,3)9-19-14(18)16-6-10-4-11(7-16)13(17)12(5-10)8-16;1-15(2,3)10-18-14(17)16-7-11-4-12(8-16)6-13(5-11)9-16/h4-8,16-17H,9-15H2,1-3H3;12-13H,5-11H2,1-4H3;11-12,18H,4-10H2,1-3H3;10-13,17H,4-9H2,1-3H3;10-12H,4-9H2,1-3H3;11-13H,4-10H2,1-3H3. The van der Waals surface area contributed by atoms with Gasteiger partial charge in [-0.05, 0) is 344 Å². The summed E-state index contributed by atoms with van der Waals surface area (Å²) in [5.41, 5.74) is 0.360. The van der Waals surface area contributed by atoms with Crippen molar-refractivity contribution in [2.75, 3.05) is 39.6 Å². The van der Waals surface area contributed by atoms with Crippen molar-refractivity contribution in [3.8, 4) is 0 Å². The molecule has 24 aliphatic rings. The molecule has 25 rings (SSSR count). The zero-order valence-electron chi connectivity index (χ0n) is 77.1. The summed E-state index contributed by atoms with van der Waals surface area (Å²) >= 11 is 0. The highest BCUT2D eigenvalue weighted by Gasteiger charge is 2.66. The second-order valence-electron chi connectivity index (χ2n) is 52.7. The van der Waals surface area contributed by atoms with Crippen molar-refractivity contribution in [3.05, 3.63) is 35.9 Å². The van der Waals surface area contributed by atoms with Crippen LogP contribution in [0, 0.1) is 159 Å². The molecule has 0 amide bonds. The molecule has 662 valence electrons. The summed E-state index contributed by atoms with van der Waals surface area (Å²) < 4.78 is 34.0. The summed E-state index contributed by atoms with van der Waals surface area (Å²) in [4.78, 5) is 88.0. The lowest BCUT2D eigenvalue weighted by Gasteiger charge is -2.61. The highest BCUT2D eigenvalue weighted by atomic mass is 16.6. The lowest BCUT2D eigenvalue weighted by Crippen LogP contribution is -2.58. The van der Waals surface area contributed by atoms with E-state index in [-0.39, 0.29) is 124 Å². The molecule has 15 heteroatoms. The topological polar surface area (TPSA) is 215 Å². The molecule has 1 aromatic rings. The third kappa shape index (κ3) is 20.1. The third-order valence-electron chi connectivity index (χ3n) is 32.5. The normalized spacial score (nSPS) is 42.0. The molecule has 0 radical (unpaired) electrons. The fourth-order valence-electron chi connectivity index (χ4n) is 30.3. The number of hydrogen-bond donors (Lipinski definition) is 2. The van der Waals surface area contributed by atoms with Crippen LogP contribution in [0.5, 0.6) is 0 Å². The lowest BCUT2D eigenvalue weighted by atomic mass is 9.43. The predicted octanol–water partition coefficient (Wildman–Crippen LogP) is 21.7. The number of carbonyl (C=O) groups excluding carboxylic acids is 7. The van der Waals surface area contributed by atoms with Crippen molar-refractivity contribution in [1.82, 2.24) is 0 Å². The second kappa shape index (κ2) is 32.2.